The molecule has 1 unspecified atom stereocenters. The quantitative estimate of drug-likeness (QED) is 0.699. The van der Waals surface area contributed by atoms with Crippen molar-refractivity contribution >= 4 is 5.91 Å². The molecule has 1 heterocycles. The van der Waals surface area contributed by atoms with Crippen LogP contribution in [0.25, 0.3) is 0 Å². The average molecular weight is 255 g/mol. The van der Waals surface area contributed by atoms with E-state index in [1.54, 1.807) is 0 Å². The van der Waals surface area contributed by atoms with Crippen molar-refractivity contribution in [2.75, 3.05) is 39.4 Å². The fraction of sp³-hybridized carbons (Fsp3) is 0.889. The van der Waals surface area contributed by atoms with Gasteiger partial charge in [0.05, 0.1) is 6.04 Å². The van der Waals surface area contributed by atoms with Gasteiger partial charge >= 0.3 is 6.18 Å². The molecule has 5 nitrogen and oxygen atoms in total. The summed E-state index contributed by atoms with van der Waals surface area (Å²) < 4.78 is 39.8. The molecule has 0 aliphatic carbocycles. The highest BCUT2D eigenvalue weighted by molar-refractivity contribution is 5.78. The van der Waals surface area contributed by atoms with Gasteiger partial charge in [-0.15, -0.1) is 0 Å². The van der Waals surface area contributed by atoms with Gasteiger partial charge in [0.2, 0.25) is 5.91 Å². The minimum atomic E-state index is -4.41. The number of ether oxygens (including phenoxy) is 1. The normalized spacial score (nSPS) is 21.6. The smallest absolute Gasteiger partial charge is 0.362 e. The number of carbonyl (C=O) groups excluding carboxylic acids is 1. The second-order valence-electron chi connectivity index (χ2n) is 3.79. The Kier molecular flexibility index (Phi) is 5.16. The van der Waals surface area contributed by atoms with Crippen LogP contribution in [0.2, 0.25) is 0 Å². The molecule has 1 aliphatic heterocycles. The molecule has 1 fully saturated rings. The molecule has 0 aromatic carbocycles. The van der Waals surface area contributed by atoms with Gasteiger partial charge in [-0.2, -0.15) is 13.2 Å². The number of halogens is 3. The Morgan fingerprint density at radius 3 is 2.82 bits per heavy atom. The van der Waals surface area contributed by atoms with Crippen LogP contribution in [0, 0.1) is 0 Å². The van der Waals surface area contributed by atoms with E-state index in [9.17, 15) is 18.0 Å². The van der Waals surface area contributed by atoms with Crippen molar-refractivity contribution in [3.8, 4) is 0 Å². The van der Waals surface area contributed by atoms with Crippen molar-refractivity contribution in [1.82, 2.24) is 10.2 Å². The van der Waals surface area contributed by atoms with E-state index in [0.717, 1.165) is 0 Å². The maximum atomic E-state index is 11.8. The lowest BCUT2D eigenvalue weighted by Crippen LogP contribution is -2.57. The number of nitrogens with zero attached hydrogens (tertiary/aromatic N) is 1. The molecule has 1 rings (SSSR count). The van der Waals surface area contributed by atoms with E-state index in [1.165, 1.54) is 4.90 Å². The molecule has 1 saturated heterocycles. The van der Waals surface area contributed by atoms with E-state index >= 15 is 0 Å². The third-order valence-electron chi connectivity index (χ3n) is 2.43. The molecule has 1 aliphatic rings. The van der Waals surface area contributed by atoms with Crippen LogP contribution in [0.1, 0.15) is 0 Å². The number of piperazine rings is 1. The molecule has 8 heteroatoms. The Bertz CT molecular complexity index is 260. The topological polar surface area (TPSA) is 67.6 Å². The van der Waals surface area contributed by atoms with Gasteiger partial charge in [-0.25, -0.2) is 0 Å². The molecular weight excluding hydrogens is 239 g/mol. The number of carbonyl (C=O) groups is 1. The third kappa shape index (κ3) is 4.88. The van der Waals surface area contributed by atoms with Crippen molar-refractivity contribution in [1.29, 1.82) is 0 Å². The minimum absolute atomic E-state index is 0.175. The second-order valence-corrected chi connectivity index (χ2v) is 3.79. The molecule has 3 N–H and O–H groups in total. The van der Waals surface area contributed by atoms with Crippen molar-refractivity contribution in [3.05, 3.63) is 0 Å². The van der Waals surface area contributed by atoms with Crippen LogP contribution in [0.15, 0.2) is 0 Å². The van der Waals surface area contributed by atoms with E-state index in [1.807, 2.05) is 0 Å². The summed E-state index contributed by atoms with van der Waals surface area (Å²) in [6.07, 6.45) is -4.41. The van der Waals surface area contributed by atoms with Crippen LogP contribution < -0.4 is 11.1 Å². The summed E-state index contributed by atoms with van der Waals surface area (Å²) in [5, 5.41) is 3.06. The maximum Gasteiger partial charge on any atom is 0.411 e. The van der Waals surface area contributed by atoms with Gasteiger partial charge in [-0.05, 0) is 0 Å². The predicted molar refractivity (Wildman–Crippen MR) is 54.3 cm³/mol. The number of nitrogens with one attached hydrogen (secondary N) is 1. The third-order valence-corrected chi connectivity index (χ3v) is 2.43. The highest BCUT2D eigenvalue weighted by Crippen LogP contribution is 2.14. The van der Waals surface area contributed by atoms with E-state index in [-0.39, 0.29) is 12.6 Å². The zero-order valence-electron chi connectivity index (χ0n) is 9.29. The average Bonchev–Trinajstić information content (AvgIpc) is 2.27. The lowest BCUT2D eigenvalue weighted by Gasteiger charge is -2.35. The van der Waals surface area contributed by atoms with Crippen molar-refractivity contribution in [3.63, 3.8) is 0 Å². The van der Waals surface area contributed by atoms with E-state index in [0.29, 0.717) is 19.6 Å². The van der Waals surface area contributed by atoms with Crippen molar-refractivity contribution in [2.24, 2.45) is 5.73 Å². The molecule has 100 valence electrons. The first-order valence-corrected chi connectivity index (χ1v) is 5.29. The number of hydrogen-bond donors (Lipinski definition) is 2. The first-order chi connectivity index (χ1) is 7.94. The fourth-order valence-electron chi connectivity index (χ4n) is 1.64. The van der Waals surface area contributed by atoms with Gasteiger partial charge in [-0.3, -0.25) is 4.79 Å². The van der Waals surface area contributed by atoms with Crippen LogP contribution in [0.5, 0.6) is 0 Å². The molecule has 17 heavy (non-hydrogen) atoms. The van der Waals surface area contributed by atoms with E-state index in [2.05, 4.69) is 10.1 Å². The zero-order valence-corrected chi connectivity index (χ0v) is 9.29. The van der Waals surface area contributed by atoms with Gasteiger partial charge in [0.15, 0.2) is 0 Å². The van der Waals surface area contributed by atoms with Crippen molar-refractivity contribution in [2.45, 2.75) is 12.2 Å². The lowest BCUT2D eigenvalue weighted by atomic mass is 10.2. The number of alkyl halides is 3. The van der Waals surface area contributed by atoms with E-state index < -0.39 is 25.3 Å². The predicted octanol–water partition coefficient (Wildman–Crippen LogP) is -0.676. The Balaban J connectivity index is 2.35. The Morgan fingerprint density at radius 2 is 2.24 bits per heavy atom. The summed E-state index contributed by atoms with van der Waals surface area (Å²) >= 11 is 0. The van der Waals surface area contributed by atoms with Crippen LogP contribution in [0.4, 0.5) is 13.2 Å². The second kappa shape index (κ2) is 6.18. The summed E-state index contributed by atoms with van der Waals surface area (Å²) in [7, 11) is 0. The zero-order chi connectivity index (χ0) is 12.9. The molecule has 0 spiro atoms. The Morgan fingerprint density at radius 1 is 1.53 bits per heavy atom. The first-order valence-electron chi connectivity index (χ1n) is 5.29. The standard InChI is InChI=1S/C9H16F3N3O2/c10-9(11,12)6-17-5-8(16)15-2-1-14-4-7(15)3-13/h7,14H,1-6,13H2. The van der Waals surface area contributed by atoms with Gasteiger partial charge in [-0.1, -0.05) is 0 Å². The van der Waals surface area contributed by atoms with E-state index in [4.69, 9.17) is 5.73 Å². The van der Waals surface area contributed by atoms with Gasteiger partial charge < -0.3 is 20.7 Å². The highest BCUT2D eigenvalue weighted by atomic mass is 19.4. The summed E-state index contributed by atoms with van der Waals surface area (Å²) in [5.41, 5.74) is 5.47. The molecule has 0 aromatic rings. The molecule has 0 saturated carbocycles. The molecule has 0 bridgehead atoms. The molecule has 1 atom stereocenters. The number of rotatable bonds is 4. The van der Waals surface area contributed by atoms with Gasteiger partial charge in [0.1, 0.15) is 13.2 Å². The maximum absolute atomic E-state index is 11.8. The summed E-state index contributed by atoms with van der Waals surface area (Å²) in [5.74, 6) is -0.453. The number of amides is 1. The monoisotopic (exact) mass is 255 g/mol. The van der Waals surface area contributed by atoms with Crippen LogP contribution in [-0.2, 0) is 9.53 Å². The highest BCUT2D eigenvalue weighted by Gasteiger charge is 2.29. The van der Waals surface area contributed by atoms with Crippen LogP contribution in [-0.4, -0.2) is 62.4 Å². The van der Waals surface area contributed by atoms with Gasteiger partial charge in [0, 0.05) is 26.2 Å². The number of hydrogen-bond acceptors (Lipinski definition) is 4. The fourth-order valence-corrected chi connectivity index (χ4v) is 1.64. The van der Waals surface area contributed by atoms with Crippen molar-refractivity contribution < 1.29 is 22.7 Å². The largest absolute Gasteiger partial charge is 0.411 e. The molecule has 0 radical (unpaired) electrons. The summed E-state index contributed by atoms with van der Waals surface area (Å²) in [4.78, 5) is 13.1. The lowest BCUT2D eigenvalue weighted by molar-refractivity contribution is -0.178. The summed E-state index contributed by atoms with van der Waals surface area (Å²) in [6.45, 7) is -0.0781. The molecular formula is C9H16F3N3O2. The first kappa shape index (κ1) is 14.2. The van der Waals surface area contributed by atoms with Crippen LogP contribution >= 0.6 is 0 Å². The molecule has 0 aromatic heterocycles. The molecule has 1 amide bonds. The Hall–Kier alpha value is -0.860. The Labute approximate surface area is 97.1 Å². The number of nitrogens with two attached hydrogens (primary N) is 1. The van der Waals surface area contributed by atoms with Crippen LogP contribution in [0.3, 0.4) is 0 Å². The summed E-state index contributed by atoms with van der Waals surface area (Å²) in [6, 6.07) is -0.175. The SMILES string of the molecule is NCC1CNCCN1C(=O)COCC(F)(F)F. The minimum Gasteiger partial charge on any atom is -0.362 e. The van der Waals surface area contributed by atoms with Gasteiger partial charge in [0.25, 0.3) is 0 Å².